The number of carboxylic acid groups (broad SMARTS) is 1. The largest absolute Gasteiger partial charge is 0.543 e. The molecule has 0 aliphatic rings. The summed E-state index contributed by atoms with van der Waals surface area (Å²) in [6.07, 6.45) is 1.41. The summed E-state index contributed by atoms with van der Waals surface area (Å²) in [6, 6.07) is 4.62. The van der Waals surface area contributed by atoms with E-state index in [9.17, 15) is 9.90 Å². The van der Waals surface area contributed by atoms with E-state index in [4.69, 9.17) is 0 Å². The zero-order valence-electron chi connectivity index (χ0n) is 4.98. The molecule has 0 amide bonds. The molecule has 52 valence electrons. The molecule has 0 fully saturated rings. The predicted octanol–water partition coefficient (Wildman–Crippen LogP) is -0.557. The van der Waals surface area contributed by atoms with Gasteiger partial charge in [-0.2, -0.15) is 0 Å². The Balaban J connectivity index is 0.000000810. The first-order chi connectivity index (χ1) is 4.30. The standard InChI is InChI=1S/C6H5NO2.Cr/c8-6(9)5-3-1-2-4-7-5;/h1-4H,(H,8,9);/p-1. The second kappa shape index (κ2) is 4.05. The molecule has 0 unspecified atom stereocenters. The fraction of sp³-hybridized carbons (Fsp3) is 0. The van der Waals surface area contributed by atoms with Crippen molar-refractivity contribution >= 4 is 5.97 Å². The number of carbonyl (C=O) groups is 1. The van der Waals surface area contributed by atoms with Crippen molar-refractivity contribution in [2.24, 2.45) is 0 Å². The molecule has 0 saturated carbocycles. The van der Waals surface area contributed by atoms with E-state index in [0.29, 0.717) is 0 Å². The summed E-state index contributed by atoms with van der Waals surface area (Å²) in [6.45, 7) is 0. The van der Waals surface area contributed by atoms with Gasteiger partial charge in [-0.15, -0.1) is 0 Å². The molecule has 3 nitrogen and oxygen atoms in total. The first-order valence-corrected chi connectivity index (χ1v) is 2.43. The molecule has 1 heterocycles. The fourth-order valence-corrected chi connectivity index (χ4v) is 0.484. The summed E-state index contributed by atoms with van der Waals surface area (Å²) in [4.78, 5) is 13.5. The normalized spacial score (nSPS) is 8.00. The second-order valence-corrected chi connectivity index (χ2v) is 1.50. The Hall–Kier alpha value is -0.848. The van der Waals surface area contributed by atoms with Gasteiger partial charge in [-0.25, -0.2) is 0 Å². The van der Waals surface area contributed by atoms with Crippen LogP contribution in [0.25, 0.3) is 0 Å². The van der Waals surface area contributed by atoms with Crippen molar-refractivity contribution in [1.29, 1.82) is 0 Å². The van der Waals surface area contributed by atoms with Gasteiger partial charge in [0.2, 0.25) is 0 Å². The van der Waals surface area contributed by atoms with Crippen LogP contribution in [0.4, 0.5) is 0 Å². The molecule has 1 aromatic rings. The summed E-state index contributed by atoms with van der Waals surface area (Å²) in [5, 5.41) is 10.0. The van der Waals surface area contributed by atoms with Crippen LogP contribution in [0, 0.1) is 0 Å². The summed E-state index contributed by atoms with van der Waals surface area (Å²) in [5.41, 5.74) is -0.0301. The topological polar surface area (TPSA) is 53.0 Å². The Bertz CT molecular complexity index is 212. The van der Waals surface area contributed by atoms with Crippen LogP contribution in [0.5, 0.6) is 0 Å². The third-order valence-corrected chi connectivity index (χ3v) is 0.874. The van der Waals surface area contributed by atoms with Gasteiger partial charge < -0.3 is 9.90 Å². The van der Waals surface area contributed by atoms with E-state index in [1.807, 2.05) is 0 Å². The summed E-state index contributed by atoms with van der Waals surface area (Å²) in [7, 11) is 0. The number of aromatic carboxylic acids is 1. The number of carboxylic acids is 1. The Labute approximate surface area is 68.8 Å². The molecule has 0 spiro atoms. The molecule has 0 N–H and O–H groups in total. The van der Waals surface area contributed by atoms with Crippen LogP contribution in [0.15, 0.2) is 24.4 Å². The average molecular weight is 174 g/mol. The monoisotopic (exact) mass is 174 g/mol. The summed E-state index contributed by atoms with van der Waals surface area (Å²) >= 11 is 0. The zero-order valence-corrected chi connectivity index (χ0v) is 6.26. The molecule has 0 aromatic carbocycles. The Morgan fingerprint density at radius 1 is 1.50 bits per heavy atom. The van der Waals surface area contributed by atoms with Gasteiger partial charge in [0.05, 0.1) is 11.7 Å². The van der Waals surface area contributed by atoms with Crippen molar-refractivity contribution < 1.29 is 27.3 Å². The molecule has 0 atom stereocenters. The summed E-state index contributed by atoms with van der Waals surface area (Å²) < 4.78 is 0. The minimum absolute atomic E-state index is 0. The van der Waals surface area contributed by atoms with Crippen molar-refractivity contribution in [2.75, 3.05) is 0 Å². The van der Waals surface area contributed by atoms with E-state index in [1.165, 1.54) is 12.3 Å². The van der Waals surface area contributed by atoms with Crippen molar-refractivity contribution in [3.8, 4) is 0 Å². The van der Waals surface area contributed by atoms with E-state index in [2.05, 4.69) is 4.98 Å². The van der Waals surface area contributed by atoms with Gasteiger partial charge in [0.1, 0.15) is 0 Å². The minimum Gasteiger partial charge on any atom is -0.543 e. The van der Waals surface area contributed by atoms with Gasteiger partial charge >= 0.3 is 0 Å². The van der Waals surface area contributed by atoms with Gasteiger partial charge in [-0.1, -0.05) is 6.07 Å². The molecule has 10 heavy (non-hydrogen) atoms. The fourth-order valence-electron chi connectivity index (χ4n) is 0.484. The first kappa shape index (κ1) is 9.15. The van der Waals surface area contributed by atoms with E-state index in [1.54, 1.807) is 12.1 Å². The smallest absolute Gasteiger partial charge is 0.0899 e. The van der Waals surface area contributed by atoms with Crippen LogP contribution in [0.2, 0.25) is 0 Å². The Kier molecular flexibility index (Phi) is 3.70. The van der Waals surface area contributed by atoms with E-state index >= 15 is 0 Å². The number of hydrogen-bond acceptors (Lipinski definition) is 3. The molecule has 0 radical (unpaired) electrons. The van der Waals surface area contributed by atoms with Crippen LogP contribution in [-0.2, 0) is 17.4 Å². The van der Waals surface area contributed by atoms with Gasteiger partial charge in [0.15, 0.2) is 0 Å². The van der Waals surface area contributed by atoms with Crippen molar-refractivity contribution in [3.05, 3.63) is 30.1 Å². The maximum absolute atomic E-state index is 10.0. The molecule has 1 aromatic heterocycles. The molecule has 0 saturated heterocycles. The number of pyridine rings is 1. The van der Waals surface area contributed by atoms with E-state index in [-0.39, 0.29) is 23.1 Å². The SMILES string of the molecule is O=C([O-])c1ccccn1.[Cr]. The average Bonchev–Trinajstić information content (AvgIpc) is 1.90. The molecular formula is C6H4CrNO2-. The number of aromatic nitrogens is 1. The second-order valence-electron chi connectivity index (χ2n) is 1.50. The summed E-state index contributed by atoms with van der Waals surface area (Å²) in [5.74, 6) is -1.24. The molecule has 1 rings (SSSR count). The van der Waals surface area contributed by atoms with Gasteiger partial charge in [-0.05, 0) is 12.1 Å². The molecule has 4 heteroatoms. The molecule has 0 aliphatic carbocycles. The third kappa shape index (κ3) is 2.18. The minimum atomic E-state index is -1.24. The van der Waals surface area contributed by atoms with Crippen molar-refractivity contribution in [2.45, 2.75) is 0 Å². The van der Waals surface area contributed by atoms with Crippen molar-refractivity contribution in [1.82, 2.24) is 4.98 Å². The molecule has 0 aliphatic heterocycles. The molecular weight excluding hydrogens is 170 g/mol. The Morgan fingerprint density at radius 3 is 2.50 bits per heavy atom. The predicted molar refractivity (Wildman–Crippen MR) is 28.6 cm³/mol. The quantitative estimate of drug-likeness (QED) is 0.573. The van der Waals surface area contributed by atoms with E-state index in [0.717, 1.165) is 0 Å². The Morgan fingerprint density at radius 2 is 2.20 bits per heavy atom. The van der Waals surface area contributed by atoms with E-state index < -0.39 is 5.97 Å². The number of carbonyl (C=O) groups excluding carboxylic acids is 1. The number of hydrogen-bond donors (Lipinski definition) is 0. The van der Waals surface area contributed by atoms with Crippen LogP contribution in [-0.4, -0.2) is 11.0 Å². The number of rotatable bonds is 1. The van der Waals surface area contributed by atoms with Gasteiger partial charge in [0, 0.05) is 23.6 Å². The molecule has 0 bridgehead atoms. The van der Waals surface area contributed by atoms with Crippen molar-refractivity contribution in [3.63, 3.8) is 0 Å². The van der Waals surface area contributed by atoms with Gasteiger partial charge in [-0.3, -0.25) is 4.98 Å². The van der Waals surface area contributed by atoms with Crippen LogP contribution in [0.3, 0.4) is 0 Å². The maximum Gasteiger partial charge on any atom is 0.0899 e. The zero-order chi connectivity index (χ0) is 6.69. The maximum atomic E-state index is 10.0. The number of nitrogens with zero attached hydrogens (tertiary/aromatic N) is 1. The first-order valence-electron chi connectivity index (χ1n) is 2.43. The third-order valence-electron chi connectivity index (χ3n) is 0.874. The van der Waals surface area contributed by atoms with Crippen LogP contribution in [0.1, 0.15) is 10.5 Å². The van der Waals surface area contributed by atoms with Gasteiger partial charge in [0.25, 0.3) is 0 Å². The van der Waals surface area contributed by atoms with Crippen LogP contribution < -0.4 is 5.11 Å². The van der Waals surface area contributed by atoms with Crippen LogP contribution >= 0.6 is 0 Å².